The Morgan fingerprint density at radius 1 is 0.897 bits per heavy atom. The molecule has 4 aromatic rings. The van der Waals surface area contributed by atoms with Crippen molar-refractivity contribution in [1.82, 2.24) is 9.55 Å². The SMILES string of the molecule is C=C(C(N)=O)c1ccc2c(c1)nc(CCc1ccccc1)n2Cc1ccccc1. The van der Waals surface area contributed by atoms with Crippen LogP contribution in [0, 0.1) is 0 Å². The Morgan fingerprint density at radius 2 is 1.55 bits per heavy atom. The minimum Gasteiger partial charge on any atom is -0.366 e. The van der Waals surface area contributed by atoms with Crippen molar-refractivity contribution in [3.8, 4) is 0 Å². The molecule has 0 atom stereocenters. The lowest BCUT2D eigenvalue weighted by Gasteiger charge is -2.10. The number of hydrogen-bond acceptors (Lipinski definition) is 2. The second-order valence-electron chi connectivity index (χ2n) is 7.13. The van der Waals surface area contributed by atoms with Crippen LogP contribution in [0.2, 0.25) is 0 Å². The molecule has 0 fully saturated rings. The van der Waals surface area contributed by atoms with Crippen LogP contribution in [0.25, 0.3) is 16.6 Å². The normalized spacial score (nSPS) is 10.9. The highest BCUT2D eigenvalue weighted by Gasteiger charge is 2.14. The number of rotatable bonds is 7. The molecule has 1 amide bonds. The number of imidazole rings is 1. The smallest absolute Gasteiger partial charge is 0.248 e. The molecule has 0 saturated carbocycles. The average molecular weight is 381 g/mol. The highest BCUT2D eigenvalue weighted by atomic mass is 16.1. The molecular weight excluding hydrogens is 358 g/mol. The number of carbonyl (C=O) groups is 1. The van der Waals surface area contributed by atoms with E-state index in [2.05, 4.69) is 47.5 Å². The molecule has 144 valence electrons. The van der Waals surface area contributed by atoms with Crippen LogP contribution in [0.3, 0.4) is 0 Å². The van der Waals surface area contributed by atoms with E-state index in [1.807, 2.05) is 42.5 Å². The molecule has 2 N–H and O–H groups in total. The number of nitrogens with two attached hydrogens (primary N) is 1. The number of aromatic nitrogens is 2. The Kier molecular flexibility index (Phi) is 5.25. The summed E-state index contributed by atoms with van der Waals surface area (Å²) in [7, 11) is 0. The molecular formula is C25H23N3O. The van der Waals surface area contributed by atoms with Gasteiger partial charge in [0, 0.05) is 18.5 Å². The van der Waals surface area contributed by atoms with Crippen LogP contribution in [0.4, 0.5) is 0 Å². The highest BCUT2D eigenvalue weighted by Crippen LogP contribution is 2.23. The van der Waals surface area contributed by atoms with Gasteiger partial charge in [0.1, 0.15) is 5.82 Å². The first kappa shape index (κ1) is 18.7. The monoisotopic (exact) mass is 381 g/mol. The minimum atomic E-state index is -0.516. The molecule has 29 heavy (non-hydrogen) atoms. The zero-order valence-electron chi connectivity index (χ0n) is 16.2. The molecule has 1 heterocycles. The Labute approximate surface area is 170 Å². The largest absolute Gasteiger partial charge is 0.366 e. The maximum atomic E-state index is 11.5. The van der Waals surface area contributed by atoms with Crippen LogP contribution in [0.1, 0.15) is 22.5 Å². The number of fused-ring (bicyclic) bond motifs is 1. The number of aryl methyl sites for hydroxylation is 2. The number of benzene rings is 3. The summed E-state index contributed by atoms with van der Waals surface area (Å²) in [6, 6.07) is 26.6. The first-order valence-corrected chi connectivity index (χ1v) is 9.68. The van der Waals surface area contributed by atoms with Crippen molar-refractivity contribution in [3.63, 3.8) is 0 Å². The first-order valence-electron chi connectivity index (χ1n) is 9.68. The molecule has 4 heteroatoms. The van der Waals surface area contributed by atoms with Gasteiger partial charge < -0.3 is 10.3 Å². The third-order valence-electron chi connectivity index (χ3n) is 5.14. The van der Waals surface area contributed by atoms with Crippen molar-refractivity contribution in [2.24, 2.45) is 5.73 Å². The van der Waals surface area contributed by atoms with Gasteiger partial charge in [0.25, 0.3) is 0 Å². The van der Waals surface area contributed by atoms with Gasteiger partial charge in [-0.1, -0.05) is 73.3 Å². The second kappa shape index (κ2) is 8.15. The van der Waals surface area contributed by atoms with Gasteiger partial charge in [-0.15, -0.1) is 0 Å². The quantitative estimate of drug-likeness (QED) is 0.483. The summed E-state index contributed by atoms with van der Waals surface area (Å²) in [4.78, 5) is 16.4. The van der Waals surface area contributed by atoms with Crippen LogP contribution in [0.15, 0.2) is 85.4 Å². The molecule has 0 saturated heterocycles. The summed E-state index contributed by atoms with van der Waals surface area (Å²) in [6.07, 6.45) is 1.75. The van der Waals surface area contributed by atoms with Crippen LogP contribution in [0.5, 0.6) is 0 Å². The van der Waals surface area contributed by atoms with Crippen LogP contribution < -0.4 is 5.73 Å². The van der Waals surface area contributed by atoms with Gasteiger partial charge in [-0.3, -0.25) is 4.79 Å². The van der Waals surface area contributed by atoms with Gasteiger partial charge in [0.15, 0.2) is 0 Å². The summed E-state index contributed by atoms with van der Waals surface area (Å²) < 4.78 is 2.25. The van der Waals surface area contributed by atoms with Gasteiger partial charge in [-0.2, -0.15) is 0 Å². The zero-order valence-corrected chi connectivity index (χ0v) is 16.2. The Hall–Kier alpha value is -3.66. The maximum absolute atomic E-state index is 11.5. The average Bonchev–Trinajstić information content (AvgIpc) is 3.09. The summed E-state index contributed by atoms with van der Waals surface area (Å²) in [5.41, 5.74) is 10.8. The van der Waals surface area contributed by atoms with E-state index in [1.54, 1.807) is 0 Å². The second-order valence-corrected chi connectivity index (χ2v) is 7.13. The van der Waals surface area contributed by atoms with E-state index in [9.17, 15) is 4.79 Å². The van der Waals surface area contributed by atoms with E-state index in [-0.39, 0.29) is 0 Å². The number of hydrogen-bond donors (Lipinski definition) is 1. The standard InChI is InChI=1S/C25H23N3O/c1-18(25(26)29)21-13-14-23-22(16-21)27-24(15-12-19-8-4-2-5-9-19)28(23)17-20-10-6-3-7-11-20/h2-11,13-14,16H,1,12,15,17H2,(H2,26,29). The van der Waals surface area contributed by atoms with Gasteiger partial charge in [-0.05, 0) is 35.2 Å². The number of nitrogens with zero attached hydrogens (tertiary/aromatic N) is 2. The van der Waals surface area contributed by atoms with Crippen molar-refractivity contribution >= 4 is 22.5 Å². The molecule has 1 aromatic heterocycles. The summed E-state index contributed by atoms with van der Waals surface area (Å²) in [5, 5.41) is 0. The molecule has 0 aliphatic heterocycles. The summed E-state index contributed by atoms with van der Waals surface area (Å²) in [6.45, 7) is 4.54. The van der Waals surface area contributed by atoms with Gasteiger partial charge >= 0.3 is 0 Å². The third-order valence-corrected chi connectivity index (χ3v) is 5.14. The molecule has 0 bridgehead atoms. The van der Waals surface area contributed by atoms with Crippen molar-refractivity contribution in [2.45, 2.75) is 19.4 Å². The third kappa shape index (κ3) is 4.11. The fraction of sp³-hybridized carbons (Fsp3) is 0.120. The Balaban J connectivity index is 1.73. The number of carbonyl (C=O) groups excluding carboxylic acids is 1. The van der Waals surface area contributed by atoms with Gasteiger partial charge in [0.05, 0.1) is 11.0 Å². The topological polar surface area (TPSA) is 60.9 Å². The summed E-state index contributed by atoms with van der Waals surface area (Å²) >= 11 is 0. The molecule has 0 spiro atoms. The molecule has 4 rings (SSSR count). The van der Waals surface area contributed by atoms with Gasteiger partial charge in [0.2, 0.25) is 5.91 Å². The number of primary amides is 1. The van der Waals surface area contributed by atoms with Crippen LogP contribution >= 0.6 is 0 Å². The van der Waals surface area contributed by atoms with Crippen molar-refractivity contribution in [1.29, 1.82) is 0 Å². The molecule has 4 nitrogen and oxygen atoms in total. The van der Waals surface area contributed by atoms with E-state index in [4.69, 9.17) is 10.7 Å². The summed E-state index contributed by atoms with van der Waals surface area (Å²) in [5.74, 6) is 0.506. The minimum absolute atomic E-state index is 0.301. The number of amides is 1. The van der Waals surface area contributed by atoms with E-state index < -0.39 is 5.91 Å². The molecule has 0 radical (unpaired) electrons. The highest BCUT2D eigenvalue weighted by molar-refractivity contribution is 6.18. The first-order chi connectivity index (χ1) is 14.1. The maximum Gasteiger partial charge on any atom is 0.248 e. The lowest BCUT2D eigenvalue weighted by molar-refractivity contribution is -0.112. The van der Waals surface area contributed by atoms with E-state index in [1.165, 1.54) is 11.1 Å². The van der Waals surface area contributed by atoms with Crippen molar-refractivity contribution in [2.75, 3.05) is 0 Å². The predicted molar refractivity (Wildman–Crippen MR) is 117 cm³/mol. The lowest BCUT2D eigenvalue weighted by atomic mass is 10.1. The van der Waals surface area contributed by atoms with E-state index >= 15 is 0 Å². The van der Waals surface area contributed by atoms with Crippen molar-refractivity contribution in [3.05, 3.63) is 108 Å². The Bertz CT molecular complexity index is 1160. The van der Waals surface area contributed by atoms with Crippen LogP contribution in [-0.4, -0.2) is 15.5 Å². The molecule has 0 aliphatic carbocycles. The van der Waals surface area contributed by atoms with Crippen LogP contribution in [-0.2, 0) is 24.2 Å². The molecule has 0 unspecified atom stereocenters. The van der Waals surface area contributed by atoms with E-state index in [0.29, 0.717) is 11.1 Å². The van der Waals surface area contributed by atoms with E-state index in [0.717, 1.165) is 36.2 Å². The van der Waals surface area contributed by atoms with Gasteiger partial charge in [-0.25, -0.2) is 4.98 Å². The predicted octanol–water partition coefficient (Wildman–Crippen LogP) is 4.37. The van der Waals surface area contributed by atoms with Crippen molar-refractivity contribution < 1.29 is 4.79 Å². The zero-order chi connectivity index (χ0) is 20.2. The Morgan fingerprint density at radius 3 is 2.21 bits per heavy atom. The molecule has 3 aromatic carbocycles. The molecule has 0 aliphatic rings. The lowest BCUT2D eigenvalue weighted by Crippen LogP contribution is -2.11. The fourth-order valence-corrected chi connectivity index (χ4v) is 3.54. The fourth-order valence-electron chi connectivity index (χ4n) is 3.54.